The fourth-order valence-electron chi connectivity index (χ4n) is 2.19. The van der Waals surface area contributed by atoms with Gasteiger partial charge in [0.1, 0.15) is 0 Å². The molecule has 0 amide bonds. The van der Waals surface area contributed by atoms with Crippen LogP contribution in [0.1, 0.15) is 36.1 Å². The molecular weight excluding hydrogens is 258 g/mol. The monoisotopic (exact) mass is 277 g/mol. The molecule has 0 radical (unpaired) electrons. The normalized spacial score (nSPS) is 12.6. The van der Waals surface area contributed by atoms with E-state index < -0.39 is 0 Å². The lowest BCUT2D eigenvalue weighted by Gasteiger charge is -2.20. The third-order valence-corrected chi connectivity index (χ3v) is 3.77. The van der Waals surface area contributed by atoms with Gasteiger partial charge in [-0.05, 0) is 49.1 Å². The number of benzene rings is 1. The van der Waals surface area contributed by atoms with Crippen LogP contribution in [-0.4, -0.2) is 6.54 Å². The van der Waals surface area contributed by atoms with Crippen LogP contribution in [0.15, 0.2) is 41.2 Å². The molecule has 1 aromatic heterocycles. The molecule has 0 saturated heterocycles. The van der Waals surface area contributed by atoms with Gasteiger partial charge < -0.3 is 9.73 Å². The topological polar surface area (TPSA) is 25.2 Å². The van der Waals surface area contributed by atoms with Crippen molar-refractivity contribution in [2.75, 3.05) is 6.54 Å². The number of aryl methyl sites for hydroxylation is 1. The Balaban J connectivity index is 2.23. The minimum absolute atomic E-state index is 0.227. The Hall–Kier alpha value is -1.25. The van der Waals surface area contributed by atoms with Crippen molar-refractivity contribution >= 4 is 11.6 Å². The Labute approximate surface area is 119 Å². The van der Waals surface area contributed by atoms with E-state index in [4.69, 9.17) is 16.0 Å². The van der Waals surface area contributed by atoms with E-state index in [2.05, 4.69) is 24.4 Å². The zero-order chi connectivity index (χ0) is 13.7. The van der Waals surface area contributed by atoms with Crippen LogP contribution in [0.4, 0.5) is 0 Å². The molecule has 0 fully saturated rings. The molecular formula is C16H20ClNO. The van der Waals surface area contributed by atoms with E-state index in [1.165, 1.54) is 5.56 Å². The Morgan fingerprint density at radius 3 is 2.84 bits per heavy atom. The summed E-state index contributed by atoms with van der Waals surface area (Å²) in [6.07, 6.45) is 5.50. The van der Waals surface area contributed by atoms with Crippen molar-refractivity contribution in [1.82, 2.24) is 5.32 Å². The molecule has 0 aliphatic carbocycles. The van der Waals surface area contributed by atoms with E-state index in [9.17, 15) is 0 Å². The minimum Gasteiger partial charge on any atom is -0.472 e. The molecule has 102 valence electrons. The smallest absolute Gasteiger partial charge is 0.0935 e. The molecule has 0 spiro atoms. The summed E-state index contributed by atoms with van der Waals surface area (Å²) < 4.78 is 5.15. The second kappa shape index (κ2) is 6.78. The van der Waals surface area contributed by atoms with Gasteiger partial charge in [-0.25, -0.2) is 0 Å². The predicted molar refractivity (Wildman–Crippen MR) is 79.6 cm³/mol. The number of halogens is 1. The lowest BCUT2D eigenvalue weighted by Crippen LogP contribution is -2.24. The Kier molecular flexibility index (Phi) is 5.06. The van der Waals surface area contributed by atoms with Crippen LogP contribution in [0.25, 0.3) is 0 Å². The maximum atomic E-state index is 6.44. The lowest BCUT2D eigenvalue weighted by molar-refractivity contribution is 0.520. The number of rotatable bonds is 6. The Bertz CT molecular complexity index is 507. The number of furan rings is 1. The summed E-state index contributed by atoms with van der Waals surface area (Å²) in [5.41, 5.74) is 3.47. The SMILES string of the molecule is CCCNC(Cc1ccoc1)c1cccc(C)c1Cl. The zero-order valence-electron chi connectivity index (χ0n) is 11.4. The summed E-state index contributed by atoms with van der Waals surface area (Å²) in [6, 6.07) is 8.44. The number of nitrogens with one attached hydrogen (secondary N) is 1. The van der Waals surface area contributed by atoms with Gasteiger partial charge in [-0.3, -0.25) is 0 Å². The number of hydrogen-bond acceptors (Lipinski definition) is 2. The zero-order valence-corrected chi connectivity index (χ0v) is 12.2. The van der Waals surface area contributed by atoms with Crippen LogP contribution in [0, 0.1) is 6.92 Å². The van der Waals surface area contributed by atoms with Crippen LogP contribution in [0.3, 0.4) is 0 Å². The average molecular weight is 278 g/mol. The maximum Gasteiger partial charge on any atom is 0.0935 e. The van der Waals surface area contributed by atoms with Crippen molar-refractivity contribution in [3.05, 3.63) is 58.5 Å². The molecule has 1 aromatic carbocycles. The highest BCUT2D eigenvalue weighted by molar-refractivity contribution is 6.32. The third kappa shape index (κ3) is 3.62. The van der Waals surface area contributed by atoms with Crippen LogP contribution in [0.5, 0.6) is 0 Å². The highest BCUT2D eigenvalue weighted by atomic mass is 35.5. The van der Waals surface area contributed by atoms with Gasteiger partial charge in [-0.2, -0.15) is 0 Å². The minimum atomic E-state index is 0.227. The molecule has 1 N–H and O–H groups in total. The second-order valence-electron chi connectivity index (χ2n) is 4.82. The van der Waals surface area contributed by atoms with Crippen LogP contribution >= 0.6 is 11.6 Å². The Morgan fingerprint density at radius 2 is 2.16 bits per heavy atom. The van der Waals surface area contributed by atoms with Crippen molar-refractivity contribution in [1.29, 1.82) is 0 Å². The van der Waals surface area contributed by atoms with E-state index in [1.54, 1.807) is 12.5 Å². The highest BCUT2D eigenvalue weighted by Crippen LogP contribution is 2.28. The summed E-state index contributed by atoms with van der Waals surface area (Å²) in [6.45, 7) is 5.19. The molecule has 2 rings (SSSR count). The molecule has 1 unspecified atom stereocenters. The average Bonchev–Trinajstić information content (AvgIpc) is 2.91. The molecule has 0 aliphatic rings. The van der Waals surface area contributed by atoms with E-state index in [0.29, 0.717) is 0 Å². The lowest BCUT2D eigenvalue weighted by atomic mass is 9.98. The molecule has 1 atom stereocenters. The molecule has 0 bridgehead atoms. The molecule has 2 aromatic rings. The maximum absolute atomic E-state index is 6.44. The largest absolute Gasteiger partial charge is 0.472 e. The Morgan fingerprint density at radius 1 is 1.32 bits per heavy atom. The van der Waals surface area contributed by atoms with Crippen LogP contribution in [0.2, 0.25) is 5.02 Å². The van der Waals surface area contributed by atoms with Crippen molar-refractivity contribution in [2.45, 2.75) is 32.7 Å². The van der Waals surface area contributed by atoms with Gasteiger partial charge in [-0.1, -0.05) is 36.7 Å². The van der Waals surface area contributed by atoms with E-state index in [1.807, 2.05) is 19.1 Å². The highest BCUT2D eigenvalue weighted by Gasteiger charge is 2.16. The van der Waals surface area contributed by atoms with Crippen molar-refractivity contribution in [2.24, 2.45) is 0 Å². The van der Waals surface area contributed by atoms with E-state index in [-0.39, 0.29) is 6.04 Å². The molecule has 0 aliphatic heterocycles. The van der Waals surface area contributed by atoms with Gasteiger partial charge in [0.15, 0.2) is 0 Å². The standard InChI is InChI=1S/C16H20ClNO/c1-3-8-18-15(10-13-7-9-19-11-13)14-6-4-5-12(2)16(14)17/h4-7,9,11,15,18H,3,8,10H2,1-2H3. The van der Waals surface area contributed by atoms with Gasteiger partial charge >= 0.3 is 0 Å². The fourth-order valence-corrected chi connectivity index (χ4v) is 2.45. The summed E-state index contributed by atoms with van der Waals surface area (Å²) in [5.74, 6) is 0. The molecule has 19 heavy (non-hydrogen) atoms. The summed E-state index contributed by atoms with van der Waals surface area (Å²) in [5, 5.41) is 4.43. The van der Waals surface area contributed by atoms with Gasteiger partial charge in [0, 0.05) is 11.1 Å². The van der Waals surface area contributed by atoms with Gasteiger partial charge in [-0.15, -0.1) is 0 Å². The first kappa shape index (κ1) is 14.2. The van der Waals surface area contributed by atoms with E-state index in [0.717, 1.165) is 35.5 Å². The van der Waals surface area contributed by atoms with Crippen molar-refractivity contribution in [3.63, 3.8) is 0 Å². The quantitative estimate of drug-likeness (QED) is 0.839. The fraction of sp³-hybridized carbons (Fsp3) is 0.375. The first-order valence-electron chi connectivity index (χ1n) is 6.71. The van der Waals surface area contributed by atoms with Gasteiger partial charge in [0.05, 0.1) is 12.5 Å². The molecule has 0 saturated carbocycles. The predicted octanol–water partition coefficient (Wildman–Crippen LogP) is 4.52. The first-order chi connectivity index (χ1) is 9.22. The van der Waals surface area contributed by atoms with Crippen LogP contribution in [-0.2, 0) is 6.42 Å². The molecule has 3 heteroatoms. The number of hydrogen-bond donors (Lipinski definition) is 1. The van der Waals surface area contributed by atoms with Gasteiger partial charge in [0.2, 0.25) is 0 Å². The first-order valence-corrected chi connectivity index (χ1v) is 7.09. The molecule has 1 heterocycles. The third-order valence-electron chi connectivity index (χ3n) is 3.26. The summed E-state index contributed by atoms with van der Waals surface area (Å²) >= 11 is 6.44. The van der Waals surface area contributed by atoms with Crippen molar-refractivity contribution < 1.29 is 4.42 Å². The molecule has 2 nitrogen and oxygen atoms in total. The van der Waals surface area contributed by atoms with Gasteiger partial charge in [0.25, 0.3) is 0 Å². The van der Waals surface area contributed by atoms with Crippen LogP contribution < -0.4 is 5.32 Å². The summed E-state index contributed by atoms with van der Waals surface area (Å²) in [7, 11) is 0. The van der Waals surface area contributed by atoms with E-state index >= 15 is 0 Å². The summed E-state index contributed by atoms with van der Waals surface area (Å²) in [4.78, 5) is 0. The second-order valence-corrected chi connectivity index (χ2v) is 5.20. The van der Waals surface area contributed by atoms with Crippen molar-refractivity contribution in [3.8, 4) is 0 Å².